The summed E-state index contributed by atoms with van der Waals surface area (Å²) in [6, 6.07) is 22.0. The van der Waals surface area contributed by atoms with E-state index in [1.807, 2.05) is 0 Å². The summed E-state index contributed by atoms with van der Waals surface area (Å²) < 4.78 is 0. The highest BCUT2D eigenvalue weighted by molar-refractivity contribution is 5.16. The first-order chi connectivity index (χ1) is 10.8. The Morgan fingerprint density at radius 3 is 2.09 bits per heavy atom. The topological polar surface area (TPSA) is 15.3 Å². The molecule has 0 aliphatic rings. The summed E-state index contributed by atoms with van der Waals surface area (Å²) >= 11 is 0. The van der Waals surface area contributed by atoms with Crippen LogP contribution in [0.25, 0.3) is 0 Å². The fraction of sp³-hybridized carbons (Fsp3) is 0.400. The maximum absolute atomic E-state index is 3.69. The number of hydrogen-bond acceptors (Lipinski definition) is 2. The summed E-state index contributed by atoms with van der Waals surface area (Å²) in [5.74, 6) is 0. The van der Waals surface area contributed by atoms with E-state index in [1.54, 1.807) is 0 Å². The maximum Gasteiger partial charge on any atom is 0.0235 e. The van der Waals surface area contributed by atoms with Gasteiger partial charge >= 0.3 is 0 Å². The van der Waals surface area contributed by atoms with Gasteiger partial charge in [-0.2, -0.15) is 0 Å². The molecule has 2 rings (SSSR count). The molecule has 1 N–H and O–H groups in total. The summed E-state index contributed by atoms with van der Waals surface area (Å²) in [5.41, 5.74) is 2.78. The number of benzene rings is 2. The highest BCUT2D eigenvalue weighted by Crippen LogP contribution is 2.07. The van der Waals surface area contributed by atoms with Crippen LogP contribution in [-0.2, 0) is 13.0 Å². The quantitative estimate of drug-likeness (QED) is 0.758. The van der Waals surface area contributed by atoms with E-state index in [0.29, 0.717) is 6.04 Å². The Hall–Kier alpha value is -1.64. The molecule has 1 atom stereocenters. The van der Waals surface area contributed by atoms with Gasteiger partial charge in [0.1, 0.15) is 0 Å². The molecule has 0 fully saturated rings. The predicted molar refractivity (Wildman–Crippen MR) is 95.0 cm³/mol. The van der Waals surface area contributed by atoms with Gasteiger partial charge in [0, 0.05) is 19.1 Å². The smallest absolute Gasteiger partial charge is 0.0235 e. The summed E-state index contributed by atoms with van der Waals surface area (Å²) in [6.45, 7) is 5.36. The molecule has 0 heterocycles. The standard InChI is InChI=1S/C20H28N2/c1-3-14-21-20(15-18-10-6-4-7-11-18)17-22(2)16-19-12-8-5-9-13-19/h4-13,20-21H,3,14-17H2,1-2H3. The van der Waals surface area contributed by atoms with E-state index in [9.17, 15) is 0 Å². The molecule has 0 bridgehead atoms. The Morgan fingerprint density at radius 1 is 0.909 bits per heavy atom. The third kappa shape index (κ3) is 6.00. The number of hydrogen-bond donors (Lipinski definition) is 1. The van der Waals surface area contributed by atoms with Crippen LogP contribution in [0.2, 0.25) is 0 Å². The van der Waals surface area contributed by atoms with Crippen molar-refractivity contribution >= 4 is 0 Å². The third-order valence-electron chi connectivity index (χ3n) is 3.84. The van der Waals surface area contributed by atoms with Gasteiger partial charge in [0.05, 0.1) is 0 Å². The van der Waals surface area contributed by atoms with Crippen LogP contribution in [0.3, 0.4) is 0 Å². The Balaban J connectivity index is 1.90. The number of likely N-dealkylation sites (N-methyl/N-ethyl adjacent to an activating group) is 1. The molecular formula is C20H28N2. The first-order valence-electron chi connectivity index (χ1n) is 8.27. The van der Waals surface area contributed by atoms with Gasteiger partial charge in [0.2, 0.25) is 0 Å². The Kier molecular flexibility index (Phi) is 7.14. The molecule has 1 unspecified atom stereocenters. The van der Waals surface area contributed by atoms with Gasteiger partial charge in [-0.15, -0.1) is 0 Å². The minimum absolute atomic E-state index is 0.496. The molecule has 22 heavy (non-hydrogen) atoms. The van der Waals surface area contributed by atoms with E-state index in [2.05, 4.69) is 84.9 Å². The van der Waals surface area contributed by atoms with E-state index in [1.165, 1.54) is 17.5 Å². The maximum atomic E-state index is 3.69. The van der Waals surface area contributed by atoms with E-state index in [-0.39, 0.29) is 0 Å². The molecular weight excluding hydrogens is 268 g/mol. The fourth-order valence-electron chi connectivity index (χ4n) is 2.78. The van der Waals surface area contributed by atoms with Gasteiger partial charge < -0.3 is 10.2 Å². The van der Waals surface area contributed by atoms with E-state index < -0.39 is 0 Å². The Labute approximate surface area is 135 Å². The average Bonchev–Trinajstić information content (AvgIpc) is 2.54. The molecule has 0 amide bonds. The van der Waals surface area contributed by atoms with Crippen molar-refractivity contribution in [1.29, 1.82) is 0 Å². The van der Waals surface area contributed by atoms with Crippen molar-refractivity contribution in [2.45, 2.75) is 32.4 Å². The molecule has 0 saturated heterocycles. The van der Waals surface area contributed by atoms with Crippen molar-refractivity contribution in [1.82, 2.24) is 10.2 Å². The van der Waals surface area contributed by atoms with Crippen LogP contribution < -0.4 is 5.32 Å². The zero-order valence-electron chi connectivity index (χ0n) is 13.8. The van der Waals surface area contributed by atoms with Gasteiger partial charge in [0.25, 0.3) is 0 Å². The molecule has 2 aromatic rings. The Bertz CT molecular complexity index is 510. The molecule has 0 saturated carbocycles. The number of rotatable bonds is 9. The summed E-state index contributed by atoms with van der Waals surface area (Å²) in [5, 5.41) is 3.69. The molecule has 0 radical (unpaired) electrons. The molecule has 0 aliphatic carbocycles. The lowest BCUT2D eigenvalue weighted by molar-refractivity contribution is 0.280. The van der Waals surface area contributed by atoms with E-state index in [0.717, 1.165) is 26.1 Å². The minimum atomic E-state index is 0.496. The highest BCUT2D eigenvalue weighted by Gasteiger charge is 2.12. The molecule has 2 aromatic carbocycles. The summed E-state index contributed by atoms with van der Waals surface area (Å²) in [7, 11) is 2.21. The normalized spacial score (nSPS) is 12.5. The first kappa shape index (κ1) is 16.7. The van der Waals surface area contributed by atoms with Crippen molar-refractivity contribution < 1.29 is 0 Å². The van der Waals surface area contributed by atoms with Crippen molar-refractivity contribution in [3.05, 3.63) is 71.8 Å². The lowest BCUT2D eigenvalue weighted by Gasteiger charge is -2.25. The largest absolute Gasteiger partial charge is 0.312 e. The van der Waals surface area contributed by atoms with Gasteiger partial charge in [-0.25, -0.2) is 0 Å². The van der Waals surface area contributed by atoms with E-state index in [4.69, 9.17) is 0 Å². The number of nitrogens with one attached hydrogen (secondary N) is 1. The molecule has 0 aromatic heterocycles. The SMILES string of the molecule is CCCNC(Cc1ccccc1)CN(C)Cc1ccccc1. The number of nitrogens with zero attached hydrogens (tertiary/aromatic N) is 1. The second-order valence-corrected chi connectivity index (χ2v) is 6.02. The zero-order chi connectivity index (χ0) is 15.6. The molecule has 2 nitrogen and oxygen atoms in total. The van der Waals surface area contributed by atoms with Crippen LogP contribution in [0.5, 0.6) is 0 Å². The molecule has 0 aliphatic heterocycles. The lowest BCUT2D eigenvalue weighted by Crippen LogP contribution is -2.41. The van der Waals surface area contributed by atoms with Crippen LogP contribution >= 0.6 is 0 Å². The summed E-state index contributed by atoms with van der Waals surface area (Å²) in [6.07, 6.45) is 2.26. The second-order valence-electron chi connectivity index (χ2n) is 6.02. The van der Waals surface area contributed by atoms with Crippen LogP contribution in [-0.4, -0.2) is 31.1 Å². The van der Waals surface area contributed by atoms with E-state index >= 15 is 0 Å². The van der Waals surface area contributed by atoms with Gasteiger partial charge in [-0.1, -0.05) is 67.6 Å². The average molecular weight is 296 g/mol. The predicted octanol–water partition coefficient (Wildman–Crippen LogP) is 3.73. The first-order valence-corrected chi connectivity index (χ1v) is 8.27. The van der Waals surface area contributed by atoms with Crippen molar-refractivity contribution in [3.8, 4) is 0 Å². The van der Waals surface area contributed by atoms with Gasteiger partial charge in [-0.05, 0) is 37.6 Å². The summed E-state index contributed by atoms with van der Waals surface area (Å²) in [4.78, 5) is 2.41. The van der Waals surface area contributed by atoms with Crippen LogP contribution in [0.4, 0.5) is 0 Å². The van der Waals surface area contributed by atoms with Gasteiger partial charge in [-0.3, -0.25) is 0 Å². The van der Waals surface area contributed by atoms with Gasteiger partial charge in [0.15, 0.2) is 0 Å². The fourth-order valence-corrected chi connectivity index (χ4v) is 2.78. The van der Waals surface area contributed by atoms with Crippen molar-refractivity contribution in [2.24, 2.45) is 0 Å². The zero-order valence-corrected chi connectivity index (χ0v) is 13.8. The van der Waals surface area contributed by atoms with Crippen molar-refractivity contribution in [2.75, 3.05) is 20.1 Å². The minimum Gasteiger partial charge on any atom is -0.312 e. The second kappa shape index (κ2) is 9.39. The molecule has 0 spiro atoms. The van der Waals surface area contributed by atoms with Crippen LogP contribution in [0.1, 0.15) is 24.5 Å². The highest BCUT2D eigenvalue weighted by atomic mass is 15.1. The van der Waals surface area contributed by atoms with Crippen LogP contribution in [0, 0.1) is 0 Å². The molecule has 118 valence electrons. The monoisotopic (exact) mass is 296 g/mol. The molecule has 2 heteroatoms. The van der Waals surface area contributed by atoms with Crippen molar-refractivity contribution in [3.63, 3.8) is 0 Å². The third-order valence-corrected chi connectivity index (χ3v) is 3.84. The Morgan fingerprint density at radius 2 is 1.50 bits per heavy atom. The van der Waals surface area contributed by atoms with Crippen LogP contribution in [0.15, 0.2) is 60.7 Å². The lowest BCUT2D eigenvalue weighted by atomic mass is 10.1.